The van der Waals surface area contributed by atoms with Gasteiger partial charge in [-0.1, -0.05) is 20.3 Å². The maximum atomic E-state index is 11.9. The smallest absolute Gasteiger partial charge is 0.279 e. The zero-order valence-corrected chi connectivity index (χ0v) is 12.6. The Morgan fingerprint density at radius 2 is 2.00 bits per heavy atom. The third-order valence-electron chi connectivity index (χ3n) is 3.39. The Balaban J connectivity index is 2.18. The molecule has 1 rings (SSSR count). The molecule has 18 heavy (non-hydrogen) atoms. The van der Waals surface area contributed by atoms with Crippen LogP contribution in [0.3, 0.4) is 0 Å². The van der Waals surface area contributed by atoms with E-state index >= 15 is 0 Å². The molecule has 6 heteroatoms. The van der Waals surface area contributed by atoms with Crippen LogP contribution in [0, 0.1) is 5.92 Å². The van der Waals surface area contributed by atoms with Gasteiger partial charge in [-0.15, -0.1) is 0 Å². The van der Waals surface area contributed by atoms with Crippen molar-refractivity contribution in [2.24, 2.45) is 5.92 Å². The molecule has 0 radical (unpaired) electrons. The standard InChI is InChI=1S/C12H27N3O2S/c1-11(2)13-8-5-9-15(3)18(16,17)14-10-12-6-4-7-12/h11-14H,4-10H2,1-3H3. The minimum absolute atomic E-state index is 0.448. The highest BCUT2D eigenvalue weighted by Crippen LogP contribution is 2.25. The van der Waals surface area contributed by atoms with E-state index in [0.717, 1.165) is 25.8 Å². The monoisotopic (exact) mass is 277 g/mol. The summed E-state index contributed by atoms with van der Waals surface area (Å²) in [5.41, 5.74) is 0. The topological polar surface area (TPSA) is 61.4 Å². The molecule has 0 atom stereocenters. The fourth-order valence-corrected chi connectivity index (χ4v) is 2.88. The summed E-state index contributed by atoms with van der Waals surface area (Å²) in [5.74, 6) is 0.552. The van der Waals surface area contributed by atoms with Crippen LogP contribution in [-0.2, 0) is 10.2 Å². The van der Waals surface area contributed by atoms with Gasteiger partial charge in [0, 0.05) is 26.2 Å². The summed E-state index contributed by atoms with van der Waals surface area (Å²) in [6.07, 6.45) is 4.39. The first-order valence-electron chi connectivity index (χ1n) is 6.86. The van der Waals surface area contributed by atoms with E-state index in [-0.39, 0.29) is 0 Å². The van der Waals surface area contributed by atoms with Crippen molar-refractivity contribution >= 4 is 10.2 Å². The Bertz CT molecular complexity index is 326. The summed E-state index contributed by atoms with van der Waals surface area (Å²) in [6, 6.07) is 0.448. The van der Waals surface area contributed by atoms with Gasteiger partial charge in [0.15, 0.2) is 0 Å². The predicted octanol–water partition coefficient (Wildman–Crippen LogP) is 0.941. The van der Waals surface area contributed by atoms with Gasteiger partial charge in [0.1, 0.15) is 0 Å². The van der Waals surface area contributed by atoms with Gasteiger partial charge in [0.05, 0.1) is 0 Å². The lowest BCUT2D eigenvalue weighted by Gasteiger charge is -2.26. The molecule has 0 amide bonds. The summed E-state index contributed by atoms with van der Waals surface area (Å²) >= 11 is 0. The van der Waals surface area contributed by atoms with E-state index < -0.39 is 10.2 Å². The molecule has 5 nitrogen and oxygen atoms in total. The van der Waals surface area contributed by atoms with Crippen LogP contribution in [0.5, 0.6) is 0 Å². The molecule has 1 aliphatic carbocycles. The zero-order valence-electron chi connectivity index (χ0n) is 11.8. The second-order valence-corrected chi connectivity index (χ2v) is 7.30. The maximum absolute atomic E-state index is 11.9. The molecule has 1 aliphatic rings. The first kappa shape index (κ1) is 15.9. The normalized spacial score (nSPS) is 17.4. The fourth-order valence-electron chi connectivity index (χ4n) is 1.84. The molecule has 1 fully saturated rings. The molecular weight excluding hydrogens is 250 g/mol. The highest BCUT2D eigenvalue weighted by Gasteiger charge is 2.22. The van der Waals surface area contributed by atoms with Crippen LogP contribution in [0.25, 0.3) is 0 Å². The van der Waals surface area contributed by atoms with E-state index in [4.69, 9.17) is 0 Å². The number of nitrogens with one attached hydrogen (secondary N) is 2. The van der Waals surface area contributed by atoms with Gasteiger partial charge in [-0.3, -0.25) is 0 Å². The number of hydrogen-bond acceptors (Lipinski definition) is 3. The highest BCUT2D eigenvalue weighted by atomic mass is 32.2. The van der Waals surface area contributed by atoms with Crippen LogP contribution in [0.2, 0.25) is 0 Å². The van der Waals surface area contributed by atoms with Gasteiger partial charge in [-0.25, -0.2) is 4.72 Å². The first-order chi connectivity index (χ1) is 8.42. The van der Waals surface area contributed by atoms with E-state index in [1.165, 1.54) is 10.7 Å². The quantitative estimate of drug-likeness (QED) is 0.617. The largest absolute Gasteiger partial charge is 0.314 e. The fraction of sp³-hybridized carbons (Fsp3) is 1.00. The molecule has 1 saturated carbocycles. The van der Waals surface area contributed by atoms with Crippen molar-refractivity contribution in [1.82, 2.24) is 14.3 Å². The molecule has 0 aliphatic heterocycles. The average Bonchev–Trinajstić information content (AvgIpc) is 2.21. The summed E-state index contributed by atoms with van der Waals surface area (Å²) in [7, 11) is -1.64. The second-order valence-electron chi connectivity index (χ2n) is 5.43. The minimum atomic E-state index is -3.28. The van der Waals surface area contributed by atoms with Crippen molar-refractivity contribution < 1.29 is 8.42 Å². The minimum Gasteiger partial charge on any atom is -0.314 e. The van der Waals surface area contributed by atoms with Crippen LogP contribution in [-0.4, -0.2) is 45.4 Å². The number of rotatable bonds is 9. The summed E-state index contributed by atoms with van der Waals surface area (Å²) < 4.78 is 27.9. The molecule has 0 bridgehead atoms. The molecule has 0 aromatic carbocycles. The molecule has 0 aromatic heterocycles. The summed E-state index contributed by atoms with van der Waals surface area (Å²) in [6.45, 7) is 6.16. The molecule has 108 valence electrons. The van der Waals surface area contributed by atoms with E-state index in [1.54, 1.807) is 7.05 Å². The Labute approximate surface area is 112 Å². The lowest BCUT2D eigenvalue weighted by atomic mass is 9.86. The van der Waals surface area contributed by atoms with Crippen LogP contribution in [0.15, 0.2) is 0 Å². The lowest BCUT2D eigenvalue weighted by molar-refractivity contribution is 0.313. The maximum Gasteiger partial charge on any atom is 0.279 e. The van der Waals surface area contributed by atoms with E-state index in [2.05, 4.69) is 23.9 Å². The number of nitrogens with zero attached hydrogens (tertiary/aromatic N) is 1. The summed E-state index contributed by atoms with van der Waals surface area (Å²) in [5, 5.41) is 3.28. The molecule has 0 heterocycles. The highest BCUT2D eigenvalue weighted by molar-refractivity contribution is 7.87. The van der Waals surface area contributed by atoms with Gasteiger partial charge < -0.3 is 5.32 Å². The predicted molar refractivity (Wildman–Crippen MR) is 74.6 cm³/mol. The van der Waals surface area contributed by atoms with Crippen molar-refractivity contribution in [3.63, 3.8) is 0 Å². The van der Waals surface area contributed by atoms with Crippen molar-refractivity contribution in [3.8, 4) is 0 Å². The van der Waals surface area contributed by atoms with Gasteiger partial charge in [-0.05, 0) is 31.7 Å². The Morgan fingerprint density at radius 1 is 1.33 bits per heavy atom. The average molecular weight is 277 g/mol. The van der Waals surface area contributed by atoms with Crippen molar-refractivity contribution in [1.29, 1.82) is 0 Å². The SMILES string of the molecule is CC(C)NCCCN(C)S(=O)(=O)NCC1CCC1. The van der Waals surface area contributed by atoms with Crippen LogP contribution >= 0.6 is 0 Å². The molecule has 2 N–H and O–H groups in total. The molecular formula is C12H27N3O2S. The van der Waals surface area contributed by atoms with Gasteiger partial charge in [0.25, 0.3) is 10.2 Å². The van der Waals surface area contributed by atoms with Crippen LogP contribution < -0.4 is 10.0 Å². The Morgan fingerprint density at radius 3 is 2.50 bits per heavy atom. The Hall–Kier alpha value is -0.170. The third-order valence-corrected chi connectivity index (χ3v) is 4.93. The van der Waals surface area contributed by atoms with Gasteiger partial charge in [0.2, 0.25) is 0 Å². The van der Waals surface area contributed by atoms with E-state index in [1.807, 2.05) is 0 Å². The number of hydrogen-bond donors (Lipinski definition) is 2. The first-order valence-corrected chi connectivity index (χ1v) is 8.30. The van der Waals surface area contributed by atoms with Crippen molar-refractivity contribution in [2.45, 2.75) is 45.6 Å². The van der Waals surface area contributed by atoms with E-state index in [0.29, 0.717) is 25.0 Å². The van der Waals surface area contributed by atoms with Gasteiger partial charge in [-0.2, -0.15) is 12.7 Å². The molecule has 0 saturated heterocycles. The second kappa shape index (κ2) is 7.43. The summed E-state index contributed by atoms with van der Waals surface area (Å²) in [4.78, 5) is 0. The van der Waals surface area contributed by atoms with Crippen LogP contribution in [0.4, 0.5) is 0 Å². The third kappa shape index (κ3) is 5.65. The molecule has 0 aromatic rings. The van der Waals surface area contributed by atoms with E-state index in [9.17, 15) is 8.42 Å². The van der Waals surface area contributed by atoms with Crippen LogP contribution in [0.1, 0.15) is 39.5 Å². The van der Waals surface area contributed by atoms with Crippen molar-refractivity contribution in [2.75, 3.05) is 26.7 Å². The molecule has 0 spiro atoms. The molecule has 0 unspecified atom stereocenters. The van der Waals surface area contributed by atoms with Crippen molar-refractivity contribution in [3.05, 3.63) is 0 Å². The Kier molecular flexibility index (Phi) is 6.55. The zero-order chi connectivity index (χ0) is 13.6. The lowest BCUT2D eigenvalue weighted by Crippen LogP contribution is -2.42. The van der Waals surface area contributed by atoms with Gasteiger partial charge >= 0.3 is 0 Å².